The number of rotatable bonds is 2. The van der Waals surface area contributed by atoms with Crippen LogP contribution in [-0.2, 0) is 6.54 Å². The van der Waals surface area contributed by atoms with E-state index in [1.54, 1.807) is 13.1 Å². The third-order valence-corrected chi connectivity index (χ3v) is 3.17. The maximum absolute atomic E-state index is 11.8. The van der Waals surface area contributed by atoms with Gasteiger partial charge >= 0.3 is 0 Å². The van der Waals surface area contributed by atoms with Crippen molar-refractivity contribution in [3.8, 4) is 5.75 Å². The van der Waals surface area contributed by atoms with Crippen molar-refractivity contribution in [1.29, 1.82) is 0 Å². The van der Waals surface area contributed by atoms with E-state index in [0.717, 1.165) is 13.1 Å². The molecule has 2 rings (SSSR count). The molecule has 4 heteroatoms. The van der Waals surface area contributed by atoms with E-state index in [1.165, 1.54) is 19.3 Å². The van der Waals surface area contributed by atoms with Gasteiger partial charge in [0.1, 0.15) is 0 Å². The standard InChI is InChI=1S/C12H18N2O2/c1-9-11(15)12(16)10(7-13-9)8-14-5-3-2-4-6-14/h7,15H,2-6,8H2,1H3,(H,13,16). The van der Waals surface area contributed by atoms with Crippen LogP contribution in [0.3, 0.4) is 0 Å². The first-order valence-electron chi connectivity index (χ1n) is 5.81. The lowest BCUT2D eigenvalue weighted by atomic mass is 10.1. The van der Waals surface area contributed by atoms with E-state index in [9.17, 15) is 9.90 Å². The second-order valence-electron chi connectivity index (χ2n) is 4.45. The van der Waals surface area contributed by atoms with Crippen LogP contribution in [0.2, 0.25) is 0 Å². The Kier molecular flexibility index (Phi) is 3.29. The molecule has 1 aliphatic heterocycles. The number of hydrogen-bond acceptors (Lipinski definition) is 3. The van der Waals surface area contributed by atoms with Gasteiger partial charge in [-0.15, -0.1) is 0 Å². The summed E-state index contributed by atoms with van der Waals surface area (Å²) < 4.78 is 0. The summed E-state index contributed by atoms with van der Waals surface area (Å²) in [5.41, 5.74) is 0.958. The Hall–Kier alpha value is -1.29. The molecular weight excluding hydrogens is 204 g/mol. The molecule has 0 saturated carbocycles. The highest BCUT2D eigenvalue weighted by atomic mass is 16.3. The lowest BCUT2D eigenvalue weighted by Gasteiger charge is -2.26. The number of aromatic amines is 1. The van der Waals surface area contributed by atoms with Crippen LogP contribution in [0, 0.1) is 6.92 Å². The van der Waals surface area contributed by atoms with E-state index in [2.05, 4.69) is 9.88 Å². The van der Waals surface area contributed by atoms with Crippen LogP contribution in [0.5, 0.6) is 5.75 Å². The molecule has 0 unspecified atom stereocenters. The highest BCUT2D eigenvalue weighted by molar-refractivity contribution is 5.29. The number of hydrogen-bond donors (Lipinski definition) is 2. The fraction of sp³-hybridized carbons (Fsp3) is 0.583. The van der Waals surface area contributed by atoms with Gasteiger partial charge in [0, 0.05) is 18.3 Å². The second-order valence-corrected chi connectivity index (χ2v) is 4.45. The van der Waals surface area contributed by atoms with Gasteiger partial charge in [0.05, 0.1) is 5.69 Å². The first kappa shape index (κ1) is 11.2. The number of aryl methyl sites for hydroxylation is 1. The van der Waals surface area contributed by atoms with Crippen molar-refractivity contribution in [2.24, 2.45) is 0 Å². The summed E-state index contributed by atoms with van der Waals surface area (Å²) in [4.78, 5) is 17.0. The number of aromatic hydroxyl groups is 1. The summed E-state index contributed by atoms with van der Waals surface area (Å²) in [6.45, 7) is 4.44. The van der Waals surface area contributed by atoms with E-state index in [0.29, 0.717) is 17.8 Å². The van der Waals surface area contributed by atoms with Crippen molar-refractivity contribution in [3.63, 3.8) is 0 Å². The van der Waals surface area contributed by atoms with Crippen molar-refractivity contribution < 1.29 is 5.11 Å². The molecule has 88 valence electrons. The van der Waals surface area contributed by atoms with E-state index < -0.39 is 0 Å². The van der Waals surface area contributed by atoms with Gasteiger partial charge in [0.25, 0.3) is 0 Å². The Morgan fingerprint density at radius 3 is 2.75 bits per heavy atom. The summed E-state index contributed by atoms with van der Waals surface area (Å²) in [5, 5.41) is 9.55. The topological polar surface area (TPSA) is 56.3 Å². The number of likely N-dealkylation sites (tertiary alicyclic amines) is 1. The van der Waals surface area contributed by atoms with E-state index in [-0.39, 0.29) is 11.2 Å². The average molecular weight is 222 g/mol. The van der Waals surface area contributed by atoms with Crippen molar-refractivity contribution in [2.75, 3.05) is 13.1 Å². The summed E-state index contributed by atoms with van der Waals surface area (Å²) in [5.74, 6) is -0.144. The molecule has 1 aliphatic rings. The zero-order valence-electron chi connectivity index (χ0n) is 9.62. The molecule has 0 atom stereocenters. The van der Waals surface area contributed by atoms with Gasteiger partial charge in [-0.05, 0) is 32.9 Å². The van der Waals surface area contributed by atoms with Gasteiger partial charge < -0.3 is 10.1 Å². The third-order valence-electron chi connectivity index (χ3n) is 3.17. The Bertz CT molecular complexity index is 420. The van der Waals surface area contributed by atoms with Gasteiger partial charge in [-0.25, -0.2) is 0 Å². The van der Waals surface area contributed by atoms with E-state index in [1.807, 2.05) is 0 Å². The molecule has 1 saturated heterocycles. The van der Waals surface area contributed by atoms with Crippen LogP contribution >= 0.6 is 0 Å². The minimum atomic E-state index is -0.234. The molecule has 0 spiro atoms. The van der Waals surface area contributed by atoms with Crippen molar-refractivity contribution in [1.82, 2.24) is 9.88 Å². The zero-order chi connectivity index (χ0) is 11.5. The van der Waals surface area contributed by atoms with Gasteiger partial charge in [-0.1, -0.05) is 6.42 Å². The van der Waals surface area contributed by atoms with Crippen LogP contribution in [0.15, 0.2) is 11.0 Å². The van der Waals surface area contributed by atoms with Gasteiger partial charge in [-0.3, -0.25) is 9.69 Å². The Morgan fingerprint density at radius 1 is 1.38 bits per heavy atom. The molecule has 0 aliphatic carbocycles. The first-order valence-corrected chi connectivity index (χ1v) is 5.81. The Balaban J connectivity index is 2.15. The van der Waals surface area contributed by atoms with E-state index >= 15 is 0 Å². The van der Waals surface area contributed by atoms with Crippen molar-refractivity contribution >= 4 is 0 Å². The largest absolute Gasteiger partial charge is 0.503 e. The molecule has 2 heterocycles. The molecule has 0 bridgehead atoms. The molecule has 4 nitrogen and oxygen atoms in total. The average Bonchev–Trinajstić information content (AvgIpc) is 2.31. The van der Waals surface area contributed by atoms with Crippen LogP contribution in [-0.4, -0.2) is 28.1 Å². The van der Waals surface area contributed by atoms with Gasteiger partial charge in [0.2, 0.25) is 5.43 Å². The highest BCUT2D eigenvalue weighted by Crippen LogP contribution is 2.13. The minimum absolute atomic E-state index is 0.144. The fourth-order valence-corrected chi connectivity index (χ4v) is 2.13. The number of aromatic nitrogens is 1. The first-order chi connectivity index (χ1) is 7.68. The van der Waals surface area contributed by atoms with Crippen LogP contribution < -0.4 is 5.43 Å². The Labute approximate surface area is 94.9 Å². The SMILES string of the molecule is Cc1[nH]cc(CN2CCCCC2)c(=O)c1O. The van der Waals surface area contributed by atoms with Gasteiger partial charge in [-0.2, -0.15) is 0 Å². The van der Waals surface area contributed by atoms with Gasteiger partial charge in [0.15, 0.2) is 5.75 Å². The smallest absolute Gasteiger partial charge is 0.227 e. The number of nitrogens with zero attached hydrogens (tertiary/aromatic N) is 1. The maximum Gasteiger partial charge on any atom is 0.227 e. The normalized spacial score (nSPS) is 17.6. The number of piperidine rings is 1. The number of H-pyrrole nitrogens is 1. The maximum atomic E-state index is 11.8. The second kappa shape index (κ2) is 4.70. The van der Waals surface area contributed by atoms with Crippen molar-refractivity contribution in [3.05, 3.63) is 27.7 Å². The zero-order valence-corrected chi connectivity index (χ0v) is 9.62. The fourth-order valence-electron chi connectivity index (χ4n) is 2.13. The lowest BCUT2D eigenvalue weighted by molar-refractivity contribution is 0.220. The molecule has 0 radical (unpaired) electrons. The summed E-state index contributed by atoms with van der Waals surface area (Å²) in [6, 6.07) is 0. The molecule has 0 aromatic carbocycles. The molecule has 16 heavy (non-hydrogen) atoms. The van der Waals surface area contributed by atoms with Crippen LogP contribution in [0.4, 0.5) is 0 Å². The van der Waals surface area contributed by atoms with Crippen molar-refractivity contribution in [2.45, 2.75) is 32.7 Å². The molecule has 1 aromatic rings. The van der Waals surface area contributed by atoms with Crippen LogP contribution in [0.1, 0.15) is 30.5 Å². The summed E-state index contributed by atoms with van der Waals surface area (Å²) in [7, 11) is 0. The van der Waals surface area contributed by atoms with Crippen LogP contribution in [0.25, 0.3) is 0 Å². The summed E-state index contributed by atoms with van der Waals surface area (Å²) in [6.07, 6.45) is 5.41. The molecule has 1 fully saturated rings. The monoisotopic (exact) mass is 222 g/mol. The minimum Gasteiger partial charge on any atom is -0.503 e. The lowest BCUT2D eigenvalue weighted by Crippen LogP contribution is -2.31. The molecule has 0 amide bonds. The molecule has 1 aromatic heterocycles. The number of nitrogens with one attached hydrogen (secondary N) is 1. The molecular formula is C12H18N2O2. The predicted molar refractivity (Wildman–Crippen MR) is 62.6 cm³/mol. The predicted octanol–water partition coefficient (Wildman–Crippen LogP) is 1.37. The third kappa shape index (κ3) is 2.27. The Morgan fingerprint density at radius 2 is 2.06 bits per heavy atom. The van der Waals surface area contributed by atoms with E-state index in [4.69, 9.17) is 0 Å². The summed E-state index contributed by atoms with van der Waals surface area (Å²) >= 11 is 0. The quantitative estimate of drug-likeness (QED) is 0.794. The molecule has 2 N–H and O–H groups in total. The number of pyridine rings is 1. The highest BCUT2D eigenvalue weighted by Gasteiger charge is 2.14.